The van der Waals surface area contributed by atoms with Crippen LogP contribution in [0.15, 0.2) is 24.3 Å². The van der Waals surface area contributed by atoms with Gasteiger partial charge >= 0.3 is 0 Å². The Labute approximate surface area is 142 Å². The molecule has 130 valence electrons. The fourth-order valence-corrected chi connectivity index (χ4v) is 4.04. The van der Waals surface area contributed by atoms with Crippen LogP contribution in [-0.2, 0) is 11.3 Å². The number of benzene rings is 1. The van der Waals surface area contributed by atoms with Gasteiger partial charge in [-0.25, -0.2) is 4.89 Å². The highest BCUT2D eigenvalue weighted by molar-refractivity contribution is 5.25. The van der Waals surface area contributed by atoms with Crippen LogP contribution in [0.4, 0.5) is 0 Å². The summed E-state index contributed by atoms with van der Waals surface area (Å²) in [6.45, 7) is 4.47. The smallest absolute Gasteiger partial charge is 0.120 e. The average Bonchev–Trinajstić information content (AvgIpc) is 2.59. The van der Waals surface area contributed by atoms with Crippen LogP contribution in [0.2, 0.25) is 0 Å². The highest BCUT2D eigenvalue weighted by Crippen LogP contribution is 2.40. The molecule has 23 heavy (non-hydrogen) atoms. The molecule has 0 saturated heterocycles. The molecule has 1 fully saturated rings. The van der Waals surface area contributed by atoms with Gasteiger partial charge in [-0.3, -0.25) is 5.26 Å². The van der Waals surface area contributed by atoms with Gasteiger partial charge in [0.25, 0.3) is 0 Å². The second-order valence-electron chi connectivity index (χ2n) is 7.29. The topological polar surface area (TPSA) is 29.5 Å². The predicted octanol–water partition coefficient (Wildman–Crippen LogP) is 6.56. The van der Waals surface area contributed by atoms with Crippen molar-refractivity contribution in [1.82, 2.24) is 0 Å². The minimum absolute atomic E-state index is 0.151. The Bertz CT molecular complexity index is 418. The van der Waals surface area contributed by atoms with Gasteiger partial charge in [0.2, 0.25) is 0 Å². The monoisotopic (exact) mass is 318 g/mol. The Morgan fingerprint density at radius 3 is 2.26 bits per heavy atom. The Morgan fingerprint density at radius 1 is 1.00 bits per heavy atom. The van der Waals surface area contributed by atoms with E-state index < -0.39 is 0 Å². The van der Waals surface area contributed by atoms with Crippen molar-refractivity contribution in [1.29, 1.82) is 0 Å². The second-order valence-corrected chi connectivity index (χ2v) is 7.29. The molecule has 1 aromatic carbocycles. The summed E-state index contributed by atoms with van der Waals surface area (Å²) in [7, 11) is 0. The Morgan fingerprint density at radius 2 is 1.70 bits per heavy atom. The molecule has 2 nitrogen and oxygen atoms in total. The van der Waals surface area contributed by atoms with E-state index in [1.807, 2.05) is 0 Å². The molecule has 2 heteroatoms. The molecular weight excluding hydrogens is 284 g/mol. The molecule has 1 atom stereocenters. The van der Waals surface area contributed by atoms with Crippen molar-refractivity contribution in [2.24, 2.45) is 11.8 Å². The van der Waals surface area contributed by atoms with Gasteiger partial charge in [0.15, 0.2) is 0 Å². The number of hydrogen-bond donors (Lipinski definition) is 1. The molecule has 0 spiro atoms. The zero-order valence-electron chi connectivity index (χ0n) is 15.0. The molecule has 0 radical (unpaired) electrons. The molecule has 1 saturated carbocycles. The minimum atomic E-state index is -0.151. The van der Waals surface area contributed by atoms with E-state index in [4.69, 9.17) is 4.89 Å². The van der Waals surface area contributed by atoms with Crippen molar-refractivity contribution < 1.29 is 10.1 Å². The fourth-order valence-electron chi connectivity index (χ4n) is 4.04. The first-order chi connectivity index (χ1) is 11.3. The van der Waals surface area contributed by atoms with Crippen LogP contribution in [0.5, 0.6) is 0 Å². The first kappa shape index (κ1) is 18.5. The maximum Gasteiger partial charge on any atom is 0.120 e. The molecule has 0 heterocycles. The SMILES string of the molecule is CCCCCC1CCC(C(OO)c2ccc(CCC)cc2)CC1. The highest BCUT2D eigenvalue weighted by atomic mass is 17.1. The number of aryl methyl sites for hydroxylation is 1. The average molecular weight is 319 g/mol. The lowest BCUT2D eigenvalue weighted by Gasteiger charge is -2.32. The van der Waals surface area contributed by atoms with Crippen LogP contribution >= 0.6 is 0 Å². The molecule has 0 aromatic heterocycles. The summed E-state index contributed by atoms with van der Waals surface area (Å²) in [6, 6.07) is 8.64. The zero-order valence-corrected chi connectivity index (χ0v) is 15.0. The lowest BCUT2D eigenvalue weighted by Crippen LogP contribution is -2.22. The van der Waals surface area contributed by atoms with E-state index in [1.165, 1.54) is 63.4 Å². The van der Waals surface area contributed by atoms with Gasteiger partial charge in [0.05, 0.1) is 0 Å². The summed E-state index contributed by atoms with van der Waals surface area (Å²) in [5.74, 6) is 1.35. The Kier molecular flexibility index (Phi) is 8.11. The summed E-state index contributed by atoms with van der Waals surface area (Å²) in [5, 5.41) is 9.44. The van der Waals surface area contributed by atoms with Gasteiger partial charge in [0, 0.05) is 0 Å². The second kappa shape index (κ2) is 10.1. The van der Waals surface area contributed by atoms with Crippen LogP contribution in [0.25, 0.3) is 0 Å². The third kappa shape index (κ3) is 5.61. The molecule has 0 bridgehead atoms. The van der Waals surface area contributed by atoms with Crippen LogP contribution < -0.4 is 0 Å². The quantitative estimate of drug-likeness (QED) is 0.317. The Balaban J connectivity index is 1.86. The zero-order chi connectivity index (χ0) is 16.5. The Hall–Kier alpha value is -0.860. The van der Waals surface area contributed by atoms with E-state index >= 15 is 0 Å². The van der Waals surface area contributed by atoms with Crippen LogP contribution in [-0.4, -0.2) is 5.26 Å². The van der Waals surface area contributed by atoms with Gasteiger partial charge in [-0.2, -0.15) is 0 Å². The third-order valence-corrected chi connectivity index (χ3v) is 5.50. The number of unbranched alkanes of at least 4 members (excludes halogenated alkanes) is 2. The molecule has 0 amide bonds. The summed E-state index contributed by atoms with van der Waals surface area (Å²) in [6.07, 6.45) is 12.5. The molecule has 1 N–H and O–H groups in total. The van der Waals surface area contributed by atoms with E-state index in [-0.39, 0.29) is 6.10 Å². The van der Waals surface area contributed by atoms with Gasteiger partial charge in [-0.15, -0.1) is 0 Å². The van der Waals surface area contributed by atoms with Crippen molar-refractivity contribution >= 4 is 0 Å². The molecule has 1 aliphatic rings. The van der Waals surface area contributed by atoms with E-state index in [0.29, 0.717) is 5.92 Å². The third-order valence-electron chi connectivity index (χ3n) is 5.50. The van der Waals surface area contributed by atoms with Gasteiger partial charge in [0.1, 0.15) is 6.10 Å². The molecular formula is C21H34O2. The molecule has 1 aromatic rings. The summed E-state index contributed by atoms with van der Waals surface area (Å²) >= 11 is 0. The molecule has 0 aliphatic heterocycles. The van der Waals surface area contributed by atoms with Crippen molar-refractivity contribution in [2.75, 3.05) is 0 Å². The van der Waals surface area contributed by atoms with E-state index in [0.717, 1.165) is 17.9 Å². The minimum Gasteiger partial charge on any atom is -0.251 e. The predicted molar refractivity (Wildman–Crippen MR) is 96.5 cm³/mol. The van der Waals surface area contributed by atoms with Crippen LogP contribution in [0.1, 0.15) is 88.9 Å². The van der Waals surface area contributed by atoms with Crippen molar-refractivity contribution in [3.63, 3.8) is 0 Å². The van der Waals surface area contributed by atoms with Crippen molar-refractivity contribution in [3.8, 4) is 0 Å². The fraction of sp³-hybridized carbons (Fsp3) is 0.714. The molecule has 1 unspecified atom stereocenters. The lowest BCUT2D eigenvalue weighted by molar-refractivity contribution is -0.296. The summed E-state index contributed by atoms with van der Waals surface area (Å²) < 4.78 is 0. The summed E-state index contributed by atoms with van der Waals surface area (Å²) in [4.78, 5) is 4.91. The van der Waals surface area contributed by atoms with Crippen molar-refractivity contribution in [2.45, 2.75) is 84.2 Å². The largest absolute Gasteiger partial charge is 0.251 e. The number of hydrogen-bond acceptors (Lipinski definition) is 2. The lowest BCUT2D eigenvalue weighted by atomic mass is 9.76. The standard InChI is InChI=1S/C21H34O2/c1-3-5-6-8-18-11-15-20(16-12-18)21(23-22)19-13-9-17(7-4-2)10-14-19/h9-10,13-14,18,20-22H,3-8,11-12,15-16H2,1-2H3. The number of rotatable bonds is 9. The normalized spacial score (nSPS) is 22.9. The van der Waals surface area contributed by atoms with E-state index in [2.05, 4.69) is 38.1 Å². The molecule has 1 aliphatic carbocycles. The van der Waals surface area contributed by atoms with Gasteiger partial charge in [-0.1, -0.05) is 83.1 Å². The first-order valence-corrected chi connectivity index (χ1v) is 9.67. The molecule has 2 rings (SSSR count). The summed E-state index contributed by atoms with van der Waals surface area (Å²) in [5.41, 5.74) is 2.49. The highest BCUT2D eigenvalue weighted by Gasteiger charge is 2.29. The van der Waals surface area contributed by atoms with Crippen molar-refractivity contribution in [3.05, 3.63) is 35.4 Å². The van der Waals surface area contributed by atoms with Crippen LogP contribution in [0, 0.1) is 11.8 Å². The van der Waals surface area contributed by atoms with E-state index in [1.54, 1.807) is 0 Å². The van der Waals surface area contributed by atoms with Gasteiger partial charge in [-0.05, 0) is 42.2 Å². The van der Waals surface area contributed by atoms with Crippen LogP contribution in [0.3, 0.4) is 0 Å². The van der Waals surface area contributed by atoms with E-state index in [9.17, 15) is 5.26 Å². The maximum atomic E-state index is 9.44. The van der Waals surface area contributed by atoms with Gasteiger partial charge < -0.3 is 0 Å². The first-order valence-electron chi connectivity index (χ1n) is 9.67. The maximum absolute atomic E-state index is 9.44.